The zero-order valence-electron chi connectivity index (χ0n) is 9.64. The molecule has 1 aromatic carbocycles. The lowest BCUT2D eigenvalue weighted by Gasteiger charge is -2.09. The smallest absolute Gasteiger partial charge is 0.157 e. The average molecular weight is 265 g/mol. The normalized spacial score (nSPS) is 10.1. The van der Waals surface area contributed by atoms with E-state index < -0.39 is 0 Å². The third-order valence-electron chi connectivity index (χ3n) is 2.24. The first-order chi connectivity index (χ1) is 8.77. The molecule has 0 amide bonds. The molecule has 5 nitrogen and oxygen atoms in total. The van der Waals surface area contributed by atoms with Crippen LogP contribution in [0.4, 0.5) is 11.5 Å². The van der Waals surface area contributed by atoms with E-state index in [1.807, 2.05) is 30.3 Å². The Labute approximate surface area is 110 Å². The summed E-state index contributed by atoms with van der Waals surface area (Å²) in [5.74, 6) is 1.35. The van der Waals surface area contributed by atoms with Gasteiger partial charge in [0.05, 0.1) is 6.54 Å². The second-order valence-electron chi connectivity index (χ2n) is 3.52. The van der Waals surface area contributed by atoms with E-state index in [1.54, 1.807) is 0 Å². The summed E-state index contributed by atoms with van der Waals surface area (Å²) < 4.78 is 5.52. The van der Waals surface area contributed by atoms with Crippen molar-refractivity contribution in [3.63, 3.8) is 0 Å². The molecule has 2 rings (SSSR count). The van der Waals surface area contributed by atoms with Crippen LogP contribution in [0.2, 0.25) is 5.15 Å². The summed E-state index contributed by atoms with van der Waals surface area (Å²) in [4.78, 5) is 7.77. The molecule has 0 unspecified atom stereocenters. The molecule has 0 atom stereocenters. The van der Waals surface area contributed by atoms with Crippen molar-refractivity contribution in [2.75, 3.05) is 24.2 Å². The minimum absolute atomic E-state index is 0.247. The van der Waals surface area contributed by atoms with Crippen molar-refractivity contribution in [2.24, 2.45) is 0 Å². The van der Waals surface area contributed by atoms with Gasteiger partial charge >= 0.3 is 0 Å². The molecule has 0 saturated heterocycles. The number of nitrogen functional groups attached to an aromatic ring is 1. The van der Waals surface area contributed by atoms with Gasteiger partial charge in [0.15, 0.2) is 11.0 Å². The quantitative estimate of drug-likeness (QED) is 0.640. The highest BCUT2D eigenvalue weighted by atomic mass is 35.5. The van der Waals surface area contributed by atoms with E-state index in [9.17, 15) is 0 Å². The first kappa shape index (κ1) is 12.4. The van der Waals surface area contributed by atoms with E-state index in [-0.39, 0.29) is 5.15 Å². The third-order valence-corrected chi connectivity index (χ3v) is 2.54. The zero-order chi connectivity index (χ0) is 12.8. The number of ether oxygens (including phenoxy) is 1. The number of para-hydroxylation sites is 1. The predicted molar refractivity (Wildman–Crippen MR) is 71.9 cm³/mol. The lowest BCUT2D eigenvalue weighted by Crippen LogP contribution is -2.13. The van der Waals surface area contributed by atoms with Gasteiger partial charge in [0, 0.05) is 0 Å². The molecule has 1 aromatic heterocycles. The molecule has 0 bridgehead atoms. The van der Waals surface area contributed by atoms with Gasteiger partial charge < -0.3 is 15.8 Å². The van der Waals surface area contributed by atoms with Crippen molar-refractivity contribution in [2.45, 2.75) is 0 Å². The van der Waals surface area contributed by atoms with Crippen LogP contribution in [0.1, 0.15) is 0 Å². The predicted octanol–water partition coefficient (Wildman–Crippen LogP) is 2.20. The SMILES string of the molecule is Nc1c(Cl)ncnc1NCCOc1ccccc1. The number of aromatic nitrogens is 2. The van der Waals surface area contributed by atoms with Crippen LogP contribution in [0.5, 0.6) is 5.75 Å². The molecule has 0 aliphatic rings. The van der Waals surface area contributed by atoms with Crippen molar-refractivity contribution >= 4 is 23.1 Å². The first-order valence-electron chi connectivity index (χ1n) is 5.45. The Balaban J connectivity index is 1.81. The third kappa shape index (κ3) is 3.24. The molecule has 2 aromatic rings. The minimum atomic E-state index is 0.247. The molecule has 0 spiro atoms. The lowest BCUT2D eigenvalue weighted by atomic mass is 10.3. The summed E-state index contributed by atoms with van der Waals surface area (Å²) in [6.07, 6.45) is 1.36. The summed E-state index contributed by atoms with van der Waals surface area (Å²) in [5.41, 5.74) is 6.06. The van der Waals surface area contributed by atoms with Crippen LogP contribution in [0.15, 0.2) is 36.7 Å². The van der Waals surface area contributed by atoms with E-state index in [4.69, 9.17) is 22.1 Å². The van der Waals surface area contributed by atoms with Gasteiger partial charge in [-0.05, 0) is 12.1 Å². The number of nitrogens with one attached hydrogen (secondary N) is 1. The highest BCUT2D eigenvalue weighted by Gasteiger charge is 2.04. The van der Waals surface area contributed by atoms with E-state index in [0.717, 1.165) is 5.75 Å². The Kier molecular flexibility index (Phi) is 4.20. The van der Waals surface area contributed by atoms with E-state index in [2.05, 4.69) is 15.3 Å². The second-order valence-corrected chi connectivity index (χ2v) is 3.87. The Hall–Kier alpha value is -2.01. The van der Waals surface area contributed by atoms with Gasteiger partial charge in [-0.1, -0.05) is 29.8 Å². The highest BCUT2D eigenvalue weighted by molar-refractivity contribution is 6.32. The van der Waals surface area contributed by atoms with Crippen LogP contribution >= 0.6 is 11.6 Å². The fourth-order valence-electron chi connectivity index (χ4n) is 1.37. The molecule has 18 heavy (non-hydrogen) atoms. The molecular weight excluding hydrogens is 252 g/mol. The molecule has 0 aliphatic heterocycles. The second kappa shape index (κ2) is 6.07. The number of nitrogens with two attached hydrogens (primary N) is 1. The van der Waals surface area contributed by atoms with Gasteiger partial charge in [-0.2, -0.15) is 0 Å². The van der Waals surface area contributed by atoms with Crippen LogP contribution < -0.4 is 15.8 Å². The summed E-state index contributed by atoms with van der Waals surface area (Å²) in [7, 11) is 0. The maximum absolute atomic E-state index is 5.78. The number of nitrogens with zero attached hydrogens (tertiary/aromatic N) is 2. The molecule has 3 N–H and O–H groups in total. The Bertz CT molecular complexity index is 507. The van der Waals surface area contributed by atoms with Gasteiger partial charge in [-0.3, -0.25) is 0 Å². The molecule has 6 heteroatoms. The summed E-state index contributed by atoms with van der Waals surface area (Å²) in [5, 5.41) is 3.29. The van der Waals surface area contributed by atoms with Crippen molar-refractivity contribution < 1.29 is 4.74 Å². The molecular formula is C12H13ClN4O. The fraction of sp³-hybridized carbons (Fsp3) is 0.167. The van der Waals surface area contributed by atoms with E-state index >= 15 is 0 Å². The van der Waals surface area contributed by atoms with Crippen molar-refractivity contribution in [1.29, 1.82) is 0 Å². The Morgan fingerprint density at radius 1 is 1.22 bits per heavy atom. The summed E-state index contributed by atoms with van der Waals surface area (Å²) >= 11 is 5.78. The Morgan fingerprint density at radius 3 is 2.78 bits per heavy atom. The van der Waals surface area contributed by atoms with Crippen LogP contribution in [-0.2, 0) is 0 Å². The molecule has 0 radical (unpaired) electrons. The van der Waals surface area contributed by atoms with Gasteiger partial charge in [-0.15, -0.1) is 0 Å². The van der Waals surface area contributed by atoms with Gasteiger partial charge in [0.2, 0.25) is 0 Å². The van der Waals surface area contributed by atoms with Gasteiger partial charge in [-0.25, -0.2) is 9.97 Å². The molecule has 0 fully saturated rings. The van der Waals surface area contributed by atoms with Crippen molar-refractivity contribution in [3.8, 4) is 5.75 Å². The fourth-order valence-corrected chi connectivity index (χ4v) is 1.50. The number of halogens is 1. The van der Waals surface area contributed by atoms with Crippen LogP contribution in [0, 0.1) is 0 Å². The number of benzene rings is 1. The number of hydrogen-bond acceptors (Lipinski definition) is 5. The maximum Gasteiger partial charge on any atom is 0.157 e. The summed E-state index contributed by atoms with van der Waals surface area (Å²) in [6, 6.07) is 9.58. The van der Waals surface area contributed by atoms with Gasteiger partial charge in [0.1, 0.15) is 24.4 Å². The zero-order valence-corrected chi connectivity index (χ0v) is 10.4. The number of anilines is 2. The highest BCUT2D eigenvalue weighted by Crippen LogP contribution is 2.21. The summed E-state index contributed by atoms with van der Waals surface area (Å²) in [6.45, 7) is 1.08. The monoisotopic (exact) mass is 264 g/mol. The standard InChI is InChI=1S/C12H13ClN4O/c13-11-10(14)12(17-8-16-11)15-6-7-18-9-4-2-1-3-5-9/h1-5,8H,6-7,14H2,(H,15,16,17). The lowest BCUT2D eigenvalue weighted by molar-refractivity contribution is 0.333. The largest absolute Gasteiger partial charge is 0.492 e. The first-order valence-corrected chi connectivity index (χ1v) is 5.83. The number of rotatable bonds is 5. The Morgan fingerprint density at radius 2 is 2.00 bits per heavy atom. The van der Waals surface area contributed by atoms with Crippen molar-refractivity contribution in [3.05, 3.63) is 41.8 Å². The molecule has 94 valence electrons. The van der Waals surface area contributed by atoms with E-state index in [1.165, 1.54) is 6.33 Å². The average Bonchev–Trinajstić information content (AvgIpc) is 2.40. The van der Waals surface area contributed by atoms with Crippen LogP contribution in [-0.4, -0.2) is 23.1 Å². The molecule has 0 saturated carbocycles. The molecule has 0 aliphatic carbocycles. The molecule has 1 heterocycles. The van der Waals surface area contributed by atoms with E-state index in [0.29, 0.717) is 24.7 Å². The van der Waals surface area contributed by atoms with Gasteiger partial charge in [0.25, 0.3) is 0 Å². The number of hydrogen-bond donors (Lipinski definition) is 2. The topological polar surface area (TPSA) is 73.1 Å². The van der Waals surface area contributed by atoms with Crippen LogP contribution in [0.25, 0.3) is 0 Å². The maximum atomic E-state index is 5.78. The minimum Gasteiger partial charge on any atom is -0.492 e. The van der Waals surface area contributed by atoms with Crippen LogP contribution in [0.3, 0.4) is 0 Å². The van der Waals surface area contributed by atoms with Crippen molar-refractivity contribution in [1.82, 2.24) is 9.97 Å².